The van der Waals surface area contributed by atoms with Crippen LogP contribution in [-0.4, -0.2) is 56.2 Å². The van der Waals surface area contributed by atoms with Gasteiger partial charge in [0.1, 0.15) is 17.3 Å². The van der Waals surface area contributed by atoms with Gasteiger partial charge in [0.15, 0.2) is 0 Å². The predicted molar refractivity (Wildman–Crippen MR) is 112 cm³/mol. The molecule has 0 spiro atoms. The van der Waals surface area contributed by atoms with E-state index in [9.17, 15) is 14.7 Å². The molecule has 1 aliphatic heterocycles. The van der Waals surface area contributed by atoms with Gasteiger partial charge >= 0.3 is 0 Å². The fourth-order valence-electron chi connectivity index (χ4n) is 3.47. The minimum Gasteiger partial charge on any atom is -0.507 e. The molecule has 1 aliphatic rings. The number of halogens is 1. The maximum atomic E-state index is 13.0. The van der Waals surface area contributed by atoms with E-state index in [0.717, 1.165) is 0 Å². The molecule has 0 radical (unpaired) electrons. The van der Waals surface area contributed by atoms with Crippen LogP contribution in [-0.2, 0) is 14.3 Å². The quantitative estimate of drug-likeness (QED) is 0.410. The number of ether oxygens (including phenoxy) is 3. The third kappa shape index (κ3) is 3.86. The molecule has 2 aromatic rings. The molecule has 2 aromatic carbocycles. The highest BCUT2D eigenvalue weighted by atomic mass is 35.5. The van der Waals surface area contributed by atoms with Crippen molar-refractivity contribution in [2.45, 2.75) is 6.04 Å². The molecule has 1 heterocycles. The zero-order chi connectivity index (χ0) is 21.8. The van der Waals surface area contributed by atoms with E-state index in [1.54, 1.807) is 24.3 Å². The summed E-state index contributed by atoms with van der Waals surface area (Å²) >= 11 is 6.16. The van der Waals surface area contributed by atoms with Gasteiger partial charge in [0.05, 0.1) is 43.0 Å². The molecule has 1 atom stereocenters. The first kappa shape index (κ1) is 21.7. The van der Waals surface area contributed by atoms with Gasteiger partial charge in [-0.05, 0) is 11.6 Å². The second-order valence-electron chi connectivity index (χ2n) is 6.58. The number of hydrogen-bond donors (Lipinski definition) is 1. The monoisotopic (exact) mass is 431 g/mol. The highest BCUT2D eigenvalue weighted by Gasteiger charge is 2.46. The summed E-state index contributed by atoms with van der Waals surface area (Å²) in [5.74, 6) is -1.32. The van der Waals surface area contributed by atoms with Gasteiger partial charge in [-0.3, -0.25) is 9.59 Å². The van der Waals surface area contributed by atoms with Crippen molar-refractivity contribution in [3.05, 3.63) is 64.2 Å². The maximum Gasteiger partial charge on any atom is 0.295 e. The highest BCUT2D eigenvalue weighted by molar-refractivity contribution is 6.46. The van der Waals surface area contributed by atoms with E-state index in [4.69, 9.17) is 25.8 Å². The lowest BCUT2D eigenvalue weighted by molar-refractivity contribution is -0.140. The SMILES string of the molecule is COCCN1C(=O)C(=O)/C(=C(/O)c2cc(OC)c(Cl)cc2OC)C1c1ccccc1. The van der Waals surface area contributed by atoms with Crippen LogP contribution >= 0.6 is 11.6 Å². The molecule has 158 valence electrons. The smallest absolute Gasteiger partial charge is 0.295 e. The summed E-state index contributed by atoms with van der Waals surface area (Å²) in [6.07, 6.45) is 0. The lowest BCUT2D eigenvalue weighted by Crippen LogP contribution is -2.32. The summed E-state index contributed by atoms with van der Waals surface area (Å²) in [7, 11) is 4.37. The molecule has 7 nitrogen and oxygen atoms in total. The lowest BCUT2D eigenvalue weighted by Gasteiger charge is -2.25. The van der Waals surface area contributed by atoms with Crippen LogP contribution in [0.15, 0.2) is 48.0 Å². The van der Waals surface area contributed by atoms with Gasteiger partial charge in [-0.1, -0.05) is 41.9 Å². The number of amides is 1. The number of nitrogens with zero attached hydrogens (tertiary/aromatic N) is 1. The Hall–Kier alpha value is -3.03. The van der Waals surface area contributed by atoms with Gasteiger partial charge in [-0.25, -0.2) is 0 Å². The molecule has 1 unspecified atom stereocenters. The maximum absolute atomic E-state index is 13.0. The zero-order valence-corrected chi connectivity index (χ0v) is 17.6. The summed E-state index contributed by atoms with van der Waals surface area (Å²) in [6, 6.07) is 11.2. The van der Waals surface area contributed by atoms with Gasteiger partial charge in [-0.2, -0.15) is 0 Å². The van der Waals surface area contributed by atoms with Crippen molar-refractivity contribution in [2.24, 2.45) is 0 Å². The molecule has 1 amide bonds. The van der Waals surface area contributed by atoms with E-state index >= 15 is 0 Å². The summed E-state index contributed by atoms with van der Waals surface area (Å²) in [6.45, 7) is 0.437. The zero-order valence-electron chi connectivity index (χ0n) is 16.8. The number of carbonyl (C=O) groups excluding carboxylic acids is 2. The van der Waals surface area contributed by atoms with Crippen molar-refractivity contribution in [1.82, 2.24) is 4.90 Å². The third-order valence-electron chi connectivity index (χ3n) is 4.92. The molecule has 1 saturated heterocycles. The van der Waals surface area contributed by atoms with Gasteiger partial charge in [-0.15, -0.1) is 0 Å². The van der Waals surface area contributed by atoms with E-state index in [2.05, 4.69) is 0 Å². The molecular formula is C22H22ClNO6. The van der Waals surface area contributed by atoms with E-state index in [1.165, 1.54) is 38.4 Å². The standard InChI is InChI=1S/C22H22ClNO6/c1-28-10-9-24-19(13-7-5-4-6-8-13)18(21(26)22(24)27)20(25)14-11-17(30-3)15(23)12-16(14)29-2/h4-8,11-12,19,25H,9-10H2,1-3H3/b20-18+. The molecule has 0 aliphatic carbocycles. The van der Waals surface area contributed by atoms with Crippen molar-refractivity contribution in [1.29, 1.82) is 0 Å². The topological polar surface area (TPSA) is 85.3 Å². The average Bonchev–Trinajstić information content (AvgIpc) is 3.02. The number of methoxy groups -OCH3 is 3. The van der Waals surface area contributed by atoms with Gasteiger partial charge in [0.25, 0.3) is 11.7 Å². The number of hydrogen-bond acceptors (Lipinski definition) is 6. The van der Waals surface area contributed by atoms with Crippen LogP contribution in [0.25, 0.3) is 5.76 Å². The Balaban J connectivity index is 2.24. The first-order chi connectivity index (χ1) is 14.4. The average molecular weight is 432 g/mol. The van der Waals surface area contributed by atoms with Crippen molar-refractivity contribution >= 4 is 29.1 Å². The Morgan fingerprint density at radius 2 is 1.73 bits per heavy atom. The van der Waals surface area contributed by atoms with E-state index in [1.807, 2.05) is 6.07 Å². The Morgan fingerprint density at radius 3 is 2.33 bits per heavy atom. The van der Waals surface area contributed by atoms with Crippen LogP contribution < -0.4 is 9.47 Å². The fraction of sp³-hybridized carbons (Fsp3) is 0.273. The van der Waals surface area contributed by atoms with Crippen LogP contribution in [0.4, 0.5) is 0 Å². The Bertz CT molecular complexity index is 989. The summed E-state index contributed by atoms with van der Waals surface area (Å²) in [5.41, 5.74) is 0.851. The molecule has 1 fully saturated rings. The highest BCUT2D eigenvalue weighted by Crippen LogP contribution is 2.42. The molecule has 8 heteroatoms. The molecule has 0 aromatic heterocycles. The summed E-state index contributed by atoms with van der Waals surface area (Å²) in [5, 5.41) is 11.5. The number of likely N-dealkylation sites (tertiary alicyclic amines) is 1. The summed E-state index contributed by atoms with van der Waals surface area (Å²) < 4.78 is 15.7. The Morgan fingerprint density at radius 1 is 1.07 bits per heavy atom. The van der Waals surface area contributed by atoms with Crippen molar-refractivity contribution in [3.63, 3.8) is 0 Å². The van der Waals surface area contributed by atoms with Gasteiger partial charge in [0, 0.05) is 19.7 Å². The van der Waals surface area contributed by atoms with Crippen molar-refractivity contribution < 1.29 is 28.9 Å². The molecule has 0 bridgehead atoms. The molecular weight excluding hydrogens is 410 g/mol. The molecule has 3 rings (SSSR count). The number of aliphatic hydroxyl groups is 1. The van der Waals surface area contributed by atoms with Crippen LogP contribution in [0.1, 0.15) is 17.2 Å². The fourth-order valence-corrected chi connectivity index (χ4v) is 3.70. The first-order valence-corrected chi connectivity index (χ1v) is 9.56. The second kappa shape index (κ2) is 9.19. The van der Waals surface area contributed by atoms with Crippen molar-refractivity contribution in [3.8, 4) is 11.5 Å². The van der Waals surface area contributed by atoms with Crippen molar-refractivity contribution in [2.75, 3.05) is 34.5 Å². The number of rotatable bonds is 7. The predicted octanol–water partition coefficient (Wildman–Crippen LogP) is 3.43. The normalized spacial score (nSPS) is 18.0. The number of carbonyl (C=O) groups is 2. The minimum absolute atomic E-state index is 0.0371. The van der Waals surface area contributed by atoms with Crippen LogP contribution in [0, 0.1) is 0 Å². The lowest BCUT2D eigenvalue weighted by atomic mass is 9.95. The van der Waals surface area contributed by atoms with Crippen LogP contribution in [0.5, 0.6) is 11.5 Å². The Kier molecular flexibility index (Phi) is 6.64. The third-order valence-corrected chi connectivity index (χ3v) is 5.22. The number of Topliss-reactive ketones (excluding diaryl/α,β-unsaturated/α-hetero) is 1. The van der Waals surface area contributed by atoms with E-state index in [0.29, 0.717) is 11.3 Å². The van der Waals surface area contributed by atoms with Crippen LogP contribution in [0.3, 0.4) is 0 Å². The second-order valence-corrected chi connectivity index (χ2v) is 6.99. The minimum atomic E-state index is -0.784. The van der Waals surface area contributed by atoms with Gasteiger partial charge < -0.3 is 24.2 Å². The Labute approximate surface area is 179 Å². The molecule has 0 saturated carbocycles. The van der Waals surface area contributed by atoms with E-state index < -0.39 is 17.7 Å². The van der Waals surface area contributed by atoms with Gasteiger partial charge in [0.2, 0.25) is 0 Å². The summed E-state index contributed by atoms with van der Waals surface area (Å²) in [4.78, 5) is 27.1. The number of benzene rings is 2. The molecule has 1 N–H and O–H groups in total. The van der Waals surface area contributed by atoms with Crippen LogP contribution in [0.2, 0.25) is 5.02 Å². The van der Waals surface area contributed by atoms with E-state index in [-0.39, 0.29) is 40.8 Å². The largest absolute Gasteiger partial charge is 0.507 e. The number of ketones is 1. The molecule has 30 heavy (non-hydrogen) atoms. The number of aliphatic hydroxyl groups excluding tert-OH is 1. The first-order valence-electron chi connectivity index (χ1n) is 9.18.